The minimum atomic E-state index is -3.62. The van der Waals surface area contributed by atoms with Crippen LogP contribution in [-0.2, 0) is 16.6 Å². The molecular weight excluding hydrogens is 306 g/mol. The van der Waals surface area contributed by atoms with Gasteiger partial charge in [-0.1, -0.05) is 12.1 Å². The molecule has 0 spiro atoms. The summed E-state index contributed by atoms with van der Waals surface area (Å²) in [4.78, 5) is 4.37. The summed E-state index contributed by atoms with van der Waals surface area (Å²) >= 11 is 1.47. The first kappa shape index (κ1) is 14.0. The molecule has 0 amide bonds. The lowest BCUT2D eigenvalue weighted by Crippen LogP contribution is -2.13. The molecule has 108 valence electrons. The zero-order valence-electron chi connectivity index (χ0n) is 11.0. The van der Waals surface area contributed by atoms with Crippen LogP contribution in [0.15, 0.2) is 52.9 Å². The number of anilines is 1. The average molecular weight is 319 g/mol. The van der Waals surface area contributed by atoms with E-state index < -0.39 is 10.0 Å². The van der Waals surface area contributed by atoms with Gasteiger partial charge in [-0.15, -0.1) is 11.3 Å². The standard InChI is InChI=1S/C14H13N3O2S2/c15-8-10-2-1-3-12(6-10)21(18,19)17-11-4-5-13-14(7-11)20-9-16-13/h1-7,9,17H,8,15H2. The Balaban J connectivity index is 1.94. The maximum absolute atomic E-state index is 12.4. The molecule has 1 heterocycles. The van der Waals surface area contributed by atoms with Gasteiger partial charge in [0.1, 0.15) is 0 Å². The number of thiazole rings is 1. The Labute approximate surface area is 126 Å². The van der Waals surface area contributed by atoms with Crippen molar-refractivity contribution >= 4 is 37.3 Å². The fourth-order valence-electron chi connectivity index (χ4n) is 1.97. The van der Waals surface area contributed by atoms with E-state index in [1.165, 1.54) is 11.3 Å². The lowest BCUT2D eigenvalue weighted by Gasteiger charge is -2.09. The van der Waals surface area contributed by atoms with Crippen LogP contribution in [0, 0.1) is 0 Å². The van der Waals surface area contributed by atoms with E-state index in [1.807, 2.05) is 0 Å². The van der Waals surface area contributed by atoms with Crippen LogP contribution in [0.5, 0.6) is 0 Å². The van der Waals surface area contributed by atoms with E-state index >= 15 is 0 Å². The molecule has 0 aliphatic rings. The third-order valence-corrected chi connectivity index (χ3v) is 5.20. The molecule has 0 saturated carbocycles. The molecule has 0 aliphatic carbocycles. The van der Waals surface area contributed by atoms with Crippen LogP contribution in [0.3, 0.4) is 0 Å². The van der Waals surface area contributed by atoms with E-state index in [2.05, 4.69) is 9.71 Å². The van der Waals surface area contributed by atoms with Gasteiger partial charge in [-0.3, -0.25) is 4.72 Å². The molecule has 1 aromatic heterocycles. The molecule has 7 heteroatoms. The highest BCUT2D eigenvalue weighted by atomic mass is 32.2. The molecule has 0 atom stereocenters. The first-order valence-corrected chi connectivity index (χ1v) is 8.60. The number of aromatic nitrogens is 1. The van der Waals surface area contributed by atoms with Crippen LogP contribution in [0.2, 0.25) is 0 Å². The highest BCUT2D eigenvalue weighted by Gasteiger charge is 2.14. The predicted molar refractivity (Wildman–Crippen MR) is 84.8 cm³/mol. The van der Waals surface area contributed by atoms with Crippen molar-refractivity contribution in [3.63, 3.8) is 0 Å². The minimum Gasteiger partial charge on any atom is -0.326 e. The molecule has 3 N–H and O–H groups in total. The Kier molecular flexibility index (Phi) is 3.62. The normalized spacial score (nSPS) is 11.7. The summed E-state index contributed by atoms with van der Waals surface area (Å²) in [6, 6.07) is 11.9. The zero-order valence-corrected chi connectivity index (χ0v) is 12.6. The second-order valence-corrected chi connectivity index (χ2v) is 7.06. The molecule has 0 radical (unpaired) electrons. The SMILES string of the molecule is NCc1cccc(S(=O)(=O)Nc2ccc3ncsc3c2)c1. The van der Waals surface area contributed by atoms with Crippen molar-refractivity contribution in [2.75, 3.05) is 4.72 Å². The number of fused-ring (bicyclic) bond motifs is 1. The molecule has 0 saturated heterocycles. The summed E-state index contributed by atoms with van der Waals surface area (Å²) in [6.07, 6.45) is 0. The van der Waals surface area contributed by atoms with Crippen LogP contribution < -0.4 is 10.5 Å². The van der Waals surface area contributed by atoms with E-state index in [4.69, 9.17) is 5.73 Å². The molecule has 5 nitrogen and oxygen atoms in total. The van der Waals surface area contributed by atoms with Gasteiger partial charge in [-0.2, -0.15) is 0 Å². The van der Waals surface area contributed by atoms with Crippen molar-refractivity contribution in [1.29, 1.82) is 0 Å². The number of benzene rings is 2. The van der Waals surface area contributed by atoms with Gasteiger partial charge < -0.3 is 5.73 Å². The number of nitrogens with zero attached hydrogens (tertiary/aromatic N) is 1. The molecule has 2 aromatic carbocycles. The molecule has 0 bridgehead atoms. The Morgan fingerprint density at radius 3 is 2.86 bits per heavy atom. The lowest BCUT2D eigenvalue weighted by atomic mass is 10.2. The summed E-state index contributed by atoms with van der Waals surface area (Å²) in [5, 5.41) is 0. The molecule has 21 heavy (non-hydrogen) atoms. The summed E-state index contributed by atoms with van der Waals surface area (Å²) in [5.41, 5.74) is 9.42. The first-order chi connectivity index (χ1) is 10.1. The quantitative estimate of drug-likeness (QED) is 0.774. The Hall–Kier alpha value is -1.96. The van der Waals surface area contributed by atoms with Crippen LogP contribution >= 0.6 is 11.3 Å². The largest absolute Gasteiger partial charge is 0.326 e. The average Bonchev–Trinajstić information content (AvgIpc) is 2.94. The van der Waals surface area contributed by atoms with Crippen molar-refractivity contribution in [2.45, 2.75) is 11.4 Å². The van der Waals surface area contributed by atoms with Crippen molar-refractivity contribution in [2.24, 2.45) is 5.73 Å². The molecule has 0 fully saturated rings. The van der Waals surface area contributed by atoms with Gasteiger partial charge in [-0.05, 0) is 35.9 Å². The van der Waals surface area contributed by atoms with Crippen LogP contribution in [0.1, 0.15) is 5.56 Å². The summed E-state index contributed by atoms with van der Waals surface area (Å²) < 4.78 is 28.3. The summed E-state index contributed by atoms with van der Waals surface area (Å²) in [6.45, 7) is 0.302. The molecule has 3 aromatic rings. The molecule has 0 unspecified atom stereocenters. The van der Waals surface area contributed by atoms with Crippen molar-refractivity contribution in [3.8, 4) is 0 Å². The van der Waals surface area contributed by atoms with Gasteiger partial charge in [0.15, 0.2) is 0 Å². The highest BCUT2D eigenvalue weighted by Crippen LogP contribution is 2.24. The maximum Gasteiger partial charge on any atom is 0.261 e. The van der Waals surface area contributed by atoms with Gasteiger partial charge >= 0.3 is 0 Å². The van der Waals surface area contributed by atoms with E-state index in [1.54, 1.807) is 48.0 Å². The number of hydrogen-bond acceptors (Lipinski definition) is 5. The monoisotopic (exact) mass is 319 g/mol. The van der Waals surface area contributed by atoms with Crippen molar-refractivity contribution < 1.29 is 8.42 Å². The van der Waals surface area contributed by atoms with E-state index in [0.29, 0.717) is 12.2 Å². The van der Waals surface area contributed by atoms with Gasteiger partial charge in [0.05, 0.1) is 26.3 Å². The van der Waals surface area contributed by atoms with Crippen molar-refractivity contribution in [1.82, 2.24) is 4.98 Å². The fraction of sp³-hybridized carbons (Fsp3) is 0.0714. The van der Waals surface area contributed by atoms with E-state index in [9.17, 15) is 8.42 Å². The number of nitrogens with two attached hydrogens (primary N) is 1. The van der Waals surface area contributed by atoms with Crippen molar-refractivity contribution in [3.05, 3.63) is 53.5 Å². The zero-order chi connectivity index (χ0) is 14.9. The van der Waals surface area contributed by atoms with Crippen LogP contribution in [-0.4, -0.2) is 13.4 Å². The number of sulfonamides is 1. The predicted octanol–water partition coefficient (Wildman–Crippen LogP) is 2.56. The van der Waals surface area contributed by atoms with Crippen LogP contribution in [0.25, 0.3) is 10.2 Å². The summed E-state index contributed by atoms with van der Waals surface area (Å²) in [7, 11) is -3.62. The third-order valence-electron chi connectivity index (χ3n) is 3.03. The van der Waals surface area contributed by atoms with Gasteiger partial charge in [0.2, 0.25) is 0 Å². The summed E-state index contributed by atoms with van der Waals surface area (Å²) in [5.74, 6) is 0. The van der Waals surface area contributed by atoms with Gasteiger partial charge in [0, 0.05) is 6.54 Å². The van der Waals surface area contributed by atoms with E-state index in [-0.39, 0.29) is 4.90 Å². The second-order valence-electron chi connectivity index (χ2n) is 4.49. The third kappa shape index (κ3) is 2.90. The van der Waals surface area contributed by atoms with Gasteiger partial charge in [-0.25, -0.2) is 13.4 Å². The van der Waals surface area contributed by atoms with Gasteiger partial charge in [0.25, 0.3) is 10.0 Å². The molecule has 0 aliphatic heterocycles. The fourth-order valence-corrected chi connectivity index (χ4v) is 3.81. The first-order valence-electron chi connectivity index (χ1n) is 6.23. The number of hydrogen-bond donors (Lipinski definition) is 2. The Bertz CT molecular complexity index is 888. The Morgan fingerprint density at radius 2 is 2.05 bits per heavy atom. The lowest BCUT2D eigenvalue weighted by molar-refractivity contribution is 0.601. The molecular formula is C14H13N3O2S2. The number of rotatable bonds is 4. The highest BCUT2D eigenvalue weighted by molar-refractivity contribution is 7.92. The second kappa shape index (κ2) is 5.44. The minimum absolute atomic E-state index is 0.204. The maximum atomic E-state index is 12.4. The topological polar surface area (TPSA) is 85.1 Å². The smallest absolute Gasteiger partial charge is 0.261 e. The number of nitrogens with one attached hydrogen (secondary N) is 1. The van der Waals surface area contributed by atoms with Crippen LogP contribution in [0.4, 0.5) is 5.69 Å². The Morgan fingerprint density at radius 1 is 1.19 bits per heavy atom. The van der Waals surface area contributed by atoms with E-state index in [0.717, 1.165) is 15.8 Å². The molecule has 3 rings (SSSR count).